The van der Waals surface area contributed by atoms with E-state index in [1.54, 1.807) is 0 Å². The second-order valence-corrected chi connectivity index (χ2v) is 12.7. The summed E-state index contributed by atoms with van der Waals surface area (Å²) in [5, 5.41) is 0. The van der Waals surface area contributed by atoms with Gasteiger partial charge in [0.1, 0.15) is 0 Å². The molecule has 7 aromatic carbocycles. The summed E-state index contributed by atoms with van der Waals surface area (Å²) in [6.45, 7) is 4.28. The lowest BCUT2D eigenvalue weighted by Crippen LogP contribution is -2.14. The van der Waals surface area contributed by atoms with E-state index >= 15 is 0 Å². The summed E-state index contributed by atoms with van der Waals surface area (Å²) < 4.78 is 0. The van der Waals surface area contributed by atoms with Crippen molar-refractivity contribution < 1.29 is 0 Å². The highest BCUT2D eigenvalue weighted by atomic mass is 15.2. The highest BCUT2D eigenvalue weighted by Crippen LogP contribution is 2.53. The largest absolute Gasteiger partial charge is 0.397 e. The maximum Gasteiger partial charge on any atom is 0.0691 e. The molecule has 0 aromatic heterocycles. The number of hydrogen-bond donors (Lipinski definition) is 1. The van der Waals surface area contributed by atoms with Gasteiger partial charge in [-0.15, -0.1) is 0 Å². The SMILES string of the molecule is CC(=Nc1ccccc1Cc1ccccc1)c1ccc(-c2ccc3c(c2)-c2ccccc2-c2cccc(C)c2N3c2ccccc2N)cc1. The van der Waals surface area contributed by atoms with Gasteiger partial charge in [-0.2, -0.15) is 0 Å². The third kappa shape index (κ3) is 5.70. The first-order valence-corrected chi connectivity index (χ1v) is 16.8. The van der Waals surface area contributed by atoms with E-state index in [0.29, 0.717) is 0 Å². The van der Waals surface area contributed by atoms with Crippen LogP contribution in [0, 0.1) is 6.92 Å². The van der Waals surface area contributed by atoms with Gasteiger partial charge in [0.15, 0.2) is 0 Å². The highest BCUT2D eigenvalue weighted by Gasteiger charge is 2.28. The highest BCUT2D eigenvalue weighted by molar-refractivity contribution is 6.05. The van der Waals surface area contributed by atoms with Crippen molar-refractivity contribution in [2.24, 2.45) is 4.99 Å². The van der Waals surface area contributed by atoms with Crippen molar-refractivity contribution >= 4 is 34.1 Å². The van der Waals surface area contributed by atoms with Crippen LogP contribution in [0.4, 0.5) is 28.4 Å². The molecule has 0 saturated heterocycles. The zero-order valence-corrected chi connectivity index (χ0v) is 27.8. The number of rotatable bonds is 6. The monoisotopic (exact) mass is 631 g/mol. The first kappa shape index (κ1) is 30.2. The molecule has 1 heterocycles. The molecule has 3 heteroatoms. The molecule has 1 aliphatic rings. The molecular weight excluding hydrogens is 595 g/mol. The summed E-state index contributed by atoms with van der Waals surface area (Å²) >= 11 is 0. The number of para-hydroxylation sites is 4. The van der Waals surface area contributed by atoms with Crippen LogP contribution in [0.2, 0.25) is 0 Å². The van der Waals surface area contributed by atoms with Gasteiger partial charge in [0, 0.05) is 16.8 Å². The van der Waals surface area contributed by atoms with Crippen molar-refractivity contribution in [2.45, 2.75) is 20.3 Å². The lowest BCUT2D eigenvalue weighted by molar-refractivity contribution is 1.18. The van der Waals surface area contributed by atoms with Crippen LogP contribution in [0.3, 0.4) is 0 Å². The smallest absolute Gasteiger partial charge is 0.0691 e. The van der Waals surface area contributed by atoms with E-state index < -0.39 is 0 Å². The van der Waals surface area contributed by atoms with Gasteiger partial charge in [-0.3, -0.25) is 4.99 Å². The Morgan fingerprint density at radius 2 is 1.22 bits per heavy atom. The van der Waals surface area contributed by atoms with Gasteiger partial charge in [0.05, 0.1) is 28.4 Å². The van der Waals surface area contributed by atoms with E-state index in [4.69, 9.17) is 10.7 Å². The number of aryl methyl sites for hydroxylation is 1. The van der Waals surface area contributed by atoms with E-state index in [-0.39, 0.29) is 0 Å². The molecular formula is C46H37N3. The third-order valence-electron chi connectivity index (χ3n) is 9.54. The maximum absolute atomic E-state index is 6.67. The number of aliphatic imine (C=N–C) groups is 1. The molecule has 49 heavy (non-hydrogen) atoms. The number of nitrogens with zero attached hydrogens (tertiary/aromatic N) is 2. The van der Waals surface area contributed by atoms with Gasteiger partial charge >= 0.3 is 0 Å². The van der Waals surface area contributed by atoms with Gasteiger partial charge in [-0.05, 0) is 95.1 Å². The summed E-state index contributed by atoms with van der Waals surface area (Å²) in [6, 6.07) is 58.0. The first-order chi connectivity index (χ1) is 24.0. The minimum atomic E-state index is 0.744. The average molecular weight is 632 g/mol. The van der Waals surface area contributed by atoms with E-state index in [9.17, 15) is 0 Å². The standard InChI is InChI=1S/C46H37N3/c1-31-13-12-19-40-38-17-7-8-18-39(38)41-30-36(27-28-44(41)49(46(31)40)45-22-11-9-20-42(45)47)35-25-23-34(24-26-35)32(2)48-43-21-10-6-16-37(43)29-33-14-4-3-5-15-33/h3-28,30H,29,47H2,1-2H3. The fourth-order valence-corrected chi connectivity index (χ4v) is 7.05. The van der Waals surface area contributed by atoms with Crippen LogP contribution in [0.25, 0.3) is 33.4 Å². The molecule has 2 N–H and O–H groups in total. The van der Waals surface area contributed by atoms with Crippen molar-refractivity contribution in [3.05, 3.63) is 186 Å². The Bertz CT molecular complexity index is 2330. The van der Waals surface area contributed by atoms with E-state index in [2.05, 4.69) is 170 Å². The van der Waals surface area contributed by atoms with Crippen molar-refractivity contribution in [3.63, 3.8) is 0 Å². The van der Waals surface area contributed by atoms with Gasteiger partial charge in [-0.25, -0.2) is 0 Å². The Kier molecular flexibility index (Phi) is 7.87. The van der Waals surface area contributed by atoms with Crippen LogP contribution >= 0.6 is 0 Å². The Hall–Kier alpha value is -6.19. The summed E-state index contributed by atoms with van der Waals surface area (Å²) in [7, 11) is 0. The number of nitrogens with two attached hydrogens (primary N) is 1. The molecule has 0 spiro atoms. The van der Waals surface area contributed by atoms with Crippen molar-refractivity contribution in [1.29, 1.82) is 0 Å². The Balaban J connectivity index is 1.19. The molecule has 0 atom stereocenters. The average Bonchev–Trinajstić information content (AvgIpc) is 3.26. The fraction of sp³-hybridized carbons (Fsp3) is 0.0652. The molecule has 1 aliphatic heterocycles. The molecule has 236 valence electrons. The van der Waals surface area contributed by atoms with E-state index in [0.717, 1.165) is 57.3 Å². The molecule has 0 fully saturated rings. The number of benzene rings is 7. The number of nitrogen functional groups attached to an aromatic ring is 1. The molecule has 8 rings (SSSR count). The molecule has 0 bridgehead atoms. The molecule has 0 unspecified atom stereocenters. The van der Waals surface area contributed by atoms with E-state index in [1.807, 2.05) is 12.1 Å². The number of anilines is 4. The predicted octanol–water partition coefficient (Wildman–Crippen LogP) is 12.1. The van der Waals surface area contributed by atoms with Gasteiger partial charge < -0.3 is 10.6 Å². The molecule has 0 radical (unpaired) electrons. The molecule has 0 saturated carbocycles. The van der Waals surface area contributed by atoms with Gasteiger partial charge in [-0.1, -0.05) is 133 Å². The second-order valence-electron chi connectivity index (χ2n) is 12.7. The Morgan fingerprint density at radius 1 is 0.571 bits per heavy atom. The van der Waals surface area contributed by atoms with Crippen LogP contribution in [0.1, 0.15) is 29.2 Å². The van der Waals surface area contributed by atoms with Crippen LogP contribution in [-0.4, -0.2) is 5.71 Å². The van der Waals surface area contributed by atoms with Crippen molar-refractivity contribution in [1.82, 2.24) is 0 Å². The lowest BCUT2D eigenvalue weighted by Gasteiger charge is -2.30. The molecule has 7 aromatic rings. The third-order valence-corrected chi connectivity index (χ3v) is 9.54. The quantitative estimate of drug-likeness (QED) is 0.147. The van der Waals surface area contributed by atoms with Crippen LogP contribution in [0.5, 0.6) is 0 Å². The van der Waals surface area contributed by atoms with Crippen LogP contribution in [0.15, 0.2) is 169 Å². The predicted molar refractivity (Wildman–Crippen MR) is 208 cm³/mol. The topological polar surface area (TPSA) is 41.6 Å². The van der Waals surface area contributed by atoms with Gasteiger partial charge in [0.25, 0.3) is 0 Å². The van der Waals surface area contributed by atoms with Crippen LogP contribution < -0.4 is 10.6 Å². The van der Waals surface area contributed by atoms with Gasteiger partial charge in [0.2, 0.25) is 0 Å². The fourth-order valence-electron chi connectivity index (χ4n) is 7.05. The van der Waals surface area contributed by atoms with Crippen molar-refractivity contribution in [2.75, 3.05) is 10.6 Å². The minimum Gasteiger partial charge on any atom is -0.397 e. The lowest BCUT2D eigenvalue weighted by atomic mass is 9.92. The minimum absolute atomic E-state index is 0.744. The summed E-state index contributed by atoms with van der Waals surface area (Å²) in [5.74, 6) is 0. The summed E-state index contributed by atoms with van der Waals surface area (Å²) in [5.41, 5.74) is 24.6. The molecule has 0 aliphatic carbocycles. The van der Waals surface area contributed by atoms with E-state index in [1.165, 1.54) is 38.9 Å². The Labute approximate surface area is 288 Å². The summed E-state index contributed by atoms with van der Waals surface area (Å²) in [4.78, 5) is 7.44. The Morgan fingerprint density at radius 3 is 2.02 bits per heavy atom. The van der Waals surface area contributed by atoms with Crippen LogP contribution in [-0.2, 0) is 6.42 Å². The van der Waals surface area contributed by atoms with Crippen molar-refractivity contribution in [3.8, 4) is 33.4 Å². The number of hydrogen-bond acceptors (Lipinski definition) is 3. The normalized spacial score (nSPS) is 12.1. The molecule has 0 amide bonds. The second kappa shape index (κ2) is 12.8. The number of fused-ring (bicyclic) bond motifs is 5. The first-order valence-electron chi connectivity index (χ1n) is 16.8. The summed E-state index contributed by atoms with van der Waals surface area (Å²) in [6.07, 6.45) is 0.854. The maximum atomic E-state index is 6.67. The molecule has 3 nitrogen and oxygen atoms in total. The zero-order valence-electron chi connectivity index (χ0n) is 27.8. The zero-order chi connectivity index (χ0) is 33.3.